The van der Waals surface area contributed by atoms with Crippen LogP contribution in [0.15, 0.2) is 12.1 Å². The first-order chi connectivity index (χ1) is 8.51. The molecule has 3 nitrogen and oxygen atoms in total. The van der Waals surface area contributed by atoms with E-state index in [4.69, 9.17) is 4.74 Å². The number of rotatable bonds is 3. The molecular weight excluding hydrogens is 228 g/mol. The number of aryl methyl sites for hydroxylation is 2. The standard InChI is InChI=1S/C15H20O3/c1-10-8-11(2)13(12(9-10)18-3)15(14(16)17)6-4-5-7-15/h8-9H,4-7H2,1-3H3,(H,16,17). The fourth-order valence-corrected chi connectivity index (χ4v) is 3.25. The van der Waals surface area contributed by atoms with Crippen molar-refractivity contribution in [2.75, 3.05) is 7.11 Å². The zero-order chi connectivity index (χ0) is 13.3. The van der Waals surface area contributed by atoms with Gasteiger partial charge in [-0.3, -0.25) is 4.79 Å². The molecule has 2 rings (SSSR count). The van der Waals surface area contributed by atoms with Crippen LogP contribution in [-0.2, 0) is 10.2 Å². The highest BCUT2D eigenvalue weighted by Gasteiger charge is 2.45. The Kier molecular flexibility index (Phi) is 3.33. The average molecular weight is 248 g/mol. The molecule has 0 aliphatic heterocycles. The normalized spacial score (nSPS) is 17.7. The van der Waals surface area contributed by atoms with E-state index in [2.05, 4.69) is 0 Å². The molecule has 0 unspecified atom stereocenters. The zero-order valence-electron chi connectivity index (χ0n) is 11.2. The number of ether oxygens (including phenoxy) is 1. The van der Waals surface area contributed by atoms with Crippen molar-refractivity contribution in [3.8, 4) is 5.75 Å². The van der Waals surface area contributed by atoms with Crippen molar-refractivity contribution in [2.45, 2.75) is 44.9 Å². The SMILES string of the molecule is COc1cc(C)cc(C)c1C1(C(=O)O)CCCC1. The van der Waals surface area contributed by atoms with Crippen LogP contribution in [-0.4, -0.2) is 18.2 Å². The summed E-state index contributed by atoms with van der Waals surface area (Å²) in [7, 11) is 1.61. The molecule has 1 N–H and O–H groups in total. The monoisotopic (exact) mass is 248 g/mol. The number of carboxylic acid groups (broad SMARTS) is 1. The molecule has 3 heteroatoms. The third-order valence-electron chi connectivity index (χ3n) is 4.01. The largest absolute Gasteiger partial charge is 0.496 e. The summed E-state index contributed by atoms with van der Waals surface area (Å²) < 4.78 is 5.43. The van der Waals surface area contributed by atoms with Crippen LogP contribution in [0.25, 0.3) is 0 Å². The Morgan fingerprint density at radius 1 is 1.28 bits per heavy atom. The van der Waals surface area contributed by atoms with Gasteiger partial charge in [0.2, 0.25) is 0 Å². The minimum Gasteiger partial charge on any atom is -0.496 e. The third-order valence-corrected chi connectivity index (χ3v) is 4.01. The summed E-state index contributed by atoms with van der Waals surface area (Å²) in [6.07, 6.45) is 3.37. The quantitative estimate of drug-likeness (QED) is 0.893. The highest BCUT2D eigenvalue weighted by atomic mass is 16.5. The van der Waals surface area contributed by atoms with Crippen LogP contribution in [0.3, 0.4) is 0 Å². The minimum atomic E-state index is -0.747. The number of carbonyl (C=O) groups is 1. The Morgan fingerprint density at radius 2 is 1.89 bits per heavy atom. The first-order valence-electron chi connectivity index (χ1n) is 6.40. The topological polar surface area (TPSA) is 46.5 Å². The first-order valence-corrected chi connectivity index (χ1v) is 6.40. The summed E-state index contributed by atoms with van der Waals surface area (Å²) in [5.74, 6) is 0.00190. The Bertz CT molecular complexity index is 471. The maximum Gasteiger partial charge on any atom is 0.314 e. The molecule has 0 saturated heterocycles. The van der Waals surface area contributed by atoms with E-state index in [0.717, 1.165) is 35.3 Å². The number of aliphatic carboxylic acids is 1. The van der Waals surface area contributed by atoms with Crippen LogP contribution >= 0.6 is 0 Å². The molecule has 0 aromatic heterocycles. The van der Waals surface area contributed by atoms with Crippen molar-refractivity contribution in [1.82, 2.24) is 0 Å². The van der Waals surface area contributed by atoms with E-state index in [0.29, 0.717) is 12.8 Å². The van der Waals surface area contributed by atoms with Gasteiger partial charge < -0.3 is 9.84 Å². The third kappa shape index (κ3) is 1.88. The Balaban J connectivity index is 2.65. The van der Waals surface area contributed by atoms with E-state index in [1.807, 2.05) is 26.0 Å². The predicted molar refractivity (Wildman–Crippen MR) is 70.2 cm³/mol. The Morgan fingerprint density at radius 3 is 2.39 bits per heavy atom. The van der Waals surface area contributed by atoms with Crippen LogP contribution in [0, 0.1) is 13.8 Å². The van der Waals surface area contributed by atoms with E-state index in [-0.39, 0.29) is 0 Å². The molecule has 0 radical (unpaired) electrons. The van der Waals surface area contributed by atoms with Gasteiger partial charge in [0, 0.05) is 5.56 Å². The summed E-state index contributed by atoms with van der Waals surface area (Å²) in [5, 5.41) is 9.68. The van der Waals surface area contributed by atoms with Gasteiger partial charge in [-0.15, -0.1) is 0 Å². The summed E-state index contributed by atoms with van der Waals surface area (Å²) in [5.41, 5.74) is 2.26. The molecule has 98 valence electrons. The van der Waals surface area contributed by atoms with Gasteiger partial charge in [-0.25, -0.2) is 0 Å². The number of hydrogen-bond donors (Lipinski definition) is 1. The summed E-state index contributed by atoms with van der Waals surface area (Å²) in [6.45, 7) is 3.98. The van der Waals surface area contributed by atoms with Crippen LogP contribution in [0.2, 0.25) is 0 Å². The Labute approximate surface area is 108 Å². The molecule has 1 aromatic carbocycles. The number of methoxy groups -OCH3 is 1. The van der Waals surface area contributed by atoms with E-state index in [1.54, 1.807) is 7.11 Å². The summed E-state index contributed by atoms with van der Waals surface area (Å²) >= 11 is 0. The predicted octanol–water partition coefficient (Wildman–Crippen LogP) is 3.21. The fourth-order valence-electron chi connectivity index (χ4n) is 3.25. The molecule has 1 saturated carbocycles. The van der Waals surface area contributed by atoms with Gasteiger partial charge in [-0.2, -0.15) is 0 Å². The van der Waals surface area contributed by atoms with Crippen LogP contribution < -0.4 is 4.74 Å². The van der Waals surface area contributed by atoms with Crippen molar-refractivity contribution in [3.63, 3.8) is 0 Å². The van der Waals surface area contributed by atoms with Crippen molar-refractivity contribution in [1.29, 1.82) is 0 Å². The van der Waals surface area contributed by atoms with Crippen molar-refractivity contribution < 1.29 is 14.6 Å². The molecule has 0 bridgehead atoms. The van der Waals surface area contributed by atoms with E-state index < -0.39 is 11.4 Å². The molecule has 0 amide bonds. The lowest BCUT2D eigenvalue weighted by molar-refractivity contribution is -0.143. The van der Waals surface area contributed by atoms with Gasteiger partial charge in [0.05, 0.1) is 12.5 Å². The molecule has 0 spiro atoms. The van der Waals surface area contributed by atoms with Gasteiger partial charge in [0.15, 0.2) is 0 Å². The summed E-state index contributed by atoms with van der Waals surface area (Å²) in [6, 6.07) is 3.98. The second kappa shape index (κ2) is 4.63. The van der Waals surface area contributed by atoms with Gasteiger partial charge in [0.1, 0.15) is 5.75 Å². The average Bonchev–Trinajstić information content (AvgIpc) is 2.78. The minimum absolute atomic E-state index is 0.711. The lowest BCUT2D eigenvalue weighted by atomic mass is 9.76. The van der Waals surface area contributed by atoms with Gasteiger partial charge in [0.25, 0.3) is 0 Å². The van der Waals surface area contributed by atoms with Gasteiger partial charge in [-0.05, 0) is 43.9 Å². The van der Waals surface area contributed by atoms with E-state index in [1.165, 1.54) is 0 Å². The zero-order valence-corrected chi connectivity index (χ0v) is 11.2. The molecule has 0 atom stereocenters. The van der Waals surface area contributed by atoms with Gasteiger partial charge >= 0.3 is 5.97 Å². The van der Waals surface area contributed by atoms with Gasteiger partial charge in [-0.1, -0.05) is 18.9 Å². The van der Waals surface area contributed by atoms with Crippen LogP contribution in [0.1, 0.15) is 42.4 Å². The second-order valence-corrected chi connectivity index (χ2v) is 5.25. The number of carboxylic acids is 1. The van der Waals surface area contributed by atoms with E-state index in [9.17, 15) is 9.90 Å². The molecule has 18 heavy (non-hydrogen) atoms. The van der Waals surface area contributed by atoms with Crippen molar-refractivity contribution >= 4 is 5.97 Å². The summed E-state index contributed by atoms with van der Waals surface area (Å²) in [4.78, 5) is 11.8. The molecular formula is C15H20O3. The van der Waals surface area contributed by atoms with E-state index >= 15 is 0 Å². The molecule has 1 aromatic rings. The first kappa shape index (κ1) is 12.9. The van der Waals surface area contributed by atoms with Crippen LogP contribution in [0.4, 0.5) is 0 Å². The molecule has 0 heterocycles. The Hall–Kier alpha value is -1.51. The molecule has 1 aliphatic carbocycles. The maximum absolute atomic E-state index is 11.8. The fraction of sp³-hybridized carbons (Fsp3) is 0.533. The highest BCUT2D eigenvalue weighted by molar-refractivity contribution is 5.83. The van der Waals surface area contributed by atoms with Crippen molar-refractivity contribution in [2.24, 2.45) is 0 Å². The van der Waals surface area contributed by atoms with Crippen molar-refractivity contribution in [3.05, 3.63) is 28.8 Å². The molecule has 1 fully saturated rings. The smallest absolute Gasteiger partial charge is 0.314 e. The highest BCUT2D eigenvalue weighted by Crippen LogP contribution is 2.46. The second-order valence-electron chi connectivity index (χ2n) is 5.25. The van der Waals surface area contributed by atoms with Crippen LogP contribution in [0.5, 0.6) is 5.75 Å². The maximum atomic E-state index is 11.8. The lowest BCUT2D eigenvalue weighted by Gasteiger charge is -2.28. The number of hydrogen-bond acceptors (Lipinski definition) is 2. The number of benzene rings is 1. The lowest BCUT2D eigenvalue weighted by Crippen LogP contribution is -2.34. The molecule has 1 aliphatic rings.